The summed E-state index contributed by atoms with van der Waals surface area (Å²) in [6, 6.07) is 8.20. The van der Waals surface area contributed by atoms with Gasteiger partial charge in [0.1, 0.15) is 17.8 Å². The number of hydrogen-bond donors (Lipinski definition) is 2. The van der Waals surface area contributed by atoms with Crippen molar-refractivity contribution < 1.29 is 15.0 Å². The maximum atomic E-state index is 10.2. The lowest BCUT2D eigenvalue weighted by Crippen LogP contribution is -1.78. The lowest BCUT2D eigenvalue weighted by Gasteiger charge is -2.03. The molecule has 2 aromatic rings. The van der Waals surface area contributed by atoms with E-state index in [0.29, 0.717) is 11.7 Å². The Labute approximate surface area is 92.3 Å². The molecule has 0 aliphatic heterocycles. The van der Waals surface area contributed by atoms with Crippen LogP contribution in [0.3, 0.4) is 0 Å². The lowest BCUT2D eigenvalue weighted by atomic mass is 10.1. The second-order valence-corrected chi connectivity index (χ2v) is 3.44. The summed E-state index contributed by atoms with van der Waals surface area (Å²) in [5, 5.41) is 20.3. The molecule has 0 heterocycles. The summed E-state index contributed by atoms with van der Waals surface area (Å²) >= 11 is 0. The zero-order chi connectivity index (χ0) is 11.5. The molecule has 0 bridgehead atoms. The summed E-state index contributed by atoms with van der Waals surface area (Å²) in [6.07, 6.45) is 3.73. The van der Waals surface area contributed by atoms with Crippen molar-refractivity contribution in [2.24, 2.45) is 0 Å². The van der Waals surface area contributed by atoms with Gasteiger partial charge in [0.25, 0.3) is 0 Å². The molecule has 0 fully saturated rings. The van der Waals surface area contributed by atoms with E-state index in [9.17, 15) is 15.0 Å². The van der Waals surface area contributed by atoms with E-state index in [1.54, 1.807) is 30.3 Å². The third-order valence-corrected chi connectivity index (χ3v) is 2.31. The molecule has 0 amide bonds. The highest BCUT2D eigenvalue weighted by atomic mass is 16.3. The van der Waals surface area contributed by atoms with Gasteiger partial charge in [0, 0.05) is 11.5 Å². The highest BCUT2D eigenvalue weighted by molar-refractivity contribution is 5.91. The molecule has 0 unspecified atom stereocenters. The minimum absolute atomic E-state index is 0.0244. The van der Waals surface area contributed by atoms with Gasteiger partial charge in [-0.15, -0.1) is 0 Å². The fourth-order valence-corrected chi connectivity index (χ4v) is 1.59. The van der Waals surface area contributed by atoms with Crippen LogP contribution >= 0.6 is 0 Å². The van der Waals surface area contributed by atoms with E-state index in [1.807, 2.05) is 0 Å². The molecule has 0 saturated heterocycles. The first-order valence-electron chi connectivity index (χ1n) is 4.78. The summed E-state index contributed by atoms with van der Waals surface area (Å²) in [4.78, 5) is 10.2. The summed E-state index contributed by atoms with van der Waals surface area (Å²) in [6.45, 7) is 0. The van der Waals surface area contributed by atoms with Crippen LogP contribution in [0.4, 0.5) is 0 Å². The summed E-state index contributed by atoms with van der Waals surface area (Å²) in [5.74, 6) is 0.0533. The number of phenolic OH excluding ortho intramolecular Hbond substituents is 2. The molecule has 0 aromatic heterocycles. The van der Waals surface area contributed by atoms with Gasteiger partial charge in [-0.25, -0.2) is 0 Å². The topological polar surface area (TPSA) is 57.5 Å². The highest BCUT2D eigenvalue weighted by Gasteiger charge is 2.02. The number of carbonyl (C=O) groups excluding carboxylic acids is 1. The Hall–Kier alpha value is -2.29. The number of allylic oxidation sites excluding steroid dienone is 1. The van der Waals surface area contributed by atoms with Crippen molar-refractivity contribution in [3.05, 3.63) is 42.0 Å². The Bertz CT molecular complexity index is 571. The van der Waals surface area contributed by atoms with Gasteiger partial charge >= 0.3 is 0 Å². The molecule has 3 nitrogen and oxygen atoms in total. The van der Waals surface area contributed by atoms with Crippen molar-refractivity contribution in [3.63, 3.8) is 0 Å². The molecule has 0 aliphatic carbocycles. The Kier molecular flexibility index (Phi) is 2.60. The van der Waals surface area contributed by atoms with Gasteiger partial charge in [-0.3, -0.25) is 4.79 Å². The Morgan fingerprint density at radius 2 is 1.88 bits per heavy atom. The number of aldehydes is 1. The molecular formula is C13H10O3. The van der Waals surface area contributed by atoms with Crippen LogP contribution in [0.2, 0.25) is 0 Å². The van der Waals surface area contributed by atoms with Crippen molar-refractivity contribution in [1.82, 2.24) is 0 Å². The van der Waals surface area contributed by atoms with Gasteiger partial charge in [0.05, 0.1) is 0 Å². The van der Waals surface area contributed by atoms with E-state index < -0.39 is 0 Å². The van der Waals surface area contributed by atoms with Crippen molar-refractivity contribution in [2.45, 2.75) is 0 Å². The molecule has 0 saturated carbocycles. The molecule has 0 spiro atoms. The molecule has 2 rings (SSSR count). The van der Waals surface area contributed by atoms with E-state index in [0.717, 1.165) is 10.9 Å². The predicted octanol–water partition coefficient (Wildman–Crippen LogP) is 2.46. The normalized spacial score (nSPS) is 11.0. The van der Waals surface area contributed by atoms with Gasteiger partial charge in [-0.05, 0) is 29.2 Å². The monoisotopic (exact) mass is 214 g/mol. The number of benzene rings is 2. The maximum absolute atomic E-state index is 10.2. The molecule has 80 valence electrons. The molecule has 0 radical (unpaired) electrons. The Balaban J connectivity index is 2.61. The van der Waals surface area contributed by atoms with Crippen LogP contribution in [0, 0.1) is 0 Å². The van der Waals surface area contributed by atoms with E-state index in [2.05, 4.69) is 0 Å². The van der Waals surface area contributed by atoms with E-state index in [-0.39, 0.29) is 11.5 Å². The second kappa shape index (κ2) is 4.06. The molecular weight excluding hydrogens is 204 g/mol. The smallest absolute Gasteiger partial charge is 0.142 e. The van der Waals surface area contributed by atoms with Crippen LogP contribution in [-0.4, -0.2) is 16.5 Å². The average molecular weight is 214 g/mol. The van der Waals surface area contributed by atoms with Crippen LogP contribution in [0.5, 0.6) is 11.5 Å². The van der Waals surface area contributed by atoms with Crippen molar-refractivity contribution in [3.8, 4) is 11.5 Å². The first-order valence-corrected chi connectivity index (χ1v) is 4.78. The zero-order valence-corrected chi connectivity index (χ0v) is 8.42. The number of phenols is 2. The van der Waals surface area contributed by atoms with Crippen LogP contribution in [0.1, 0.15) is 5.56 Å². The van der Waals surface area contributed by atoms with E-state index in [4.69, 9.17) is 0 Å². The summed E-state index contributed by atoms with van der Waals surface area (Å²) < 4.78 is 0. The lowest BCUT2D eigenvalue weighted by molar-refractivity contribution is -0.104. The molecule has 2 aromatic carbocycles. The van der Waals surface area contributed by atoms with E-state index in [1.165, 1.54) is 12.1 Å². The second-order valence-electron chi connectivity index (χ2n) is 3.44. The summed E-state index contributed by atoms with van der Waals surface area (Å²) in [7, 11) is 0. The van der Waals surface area contributed by atoms with Crippen LogP contribution < -0.4 is 0 Å². The van der Waals surface area contributed by atoms with Crippen LogP contribution in [-0.2, 0) is 4.79 Å². The molecule has 3 heteroatoms. The van der Waals surface area contributed by atoms with Gasteiger partial charge in [0.15, 0.2) is 0 Å². The highest BCUT2D eigenvalue weighted by Crippen LogP contribution is 2.30. The third-order valence-electron chi connectivity index (χ3n) is 2.31. The van der Waals surface area contributed by atoms with Crippen molar-refractivity contribution in [2.75, 3.05) is 0 Å². The molecule has 0 atom stereocenters. The first-order chi connectivity index (χ1) is 7.70. The Morgan fingerprint density at radius 3 is 2.62 bits per heavy atom. The number of hydrogen-bond acceptors (Lipinski definition) is 3. The molecule has 0 aliphatic rings. The SMILES string of the molecule is O=CC=Cc1ccc2cc(O)cc(O)c2c1. The fraction of sp³-hybridized carbons (Fsp3) is 0. The molecule has 16 heavy (non-hydrogen) atoms. The number of fused-ring (bicyclic) bond motifs is 1. The number of rotatable bonds is 2. The van der Waals surface area contributed by atoms with Crippen molar-refractivity contribution in [1.29, 1.82) is 0 Å². The van der Waals surface area contributed by atoms with Gasteiger partial charge in [0.2, 0.25) is 0 Å². The van der Waals surface area contributed by atoms with E-state index >= 15 is 0 Å². The first kappa shape index (κ1) is 10.2. The summed E-state index contributed by atoms with van der Waals surface area (Å²) in [5.41, 5.74) is 0.820. The third kappa shape index (κ3) is 1.88. The number of aromatic hydroxyl groups is 2. The molecule has 2 N–H and O–H groups in total. The van der Waals surface area contributed by atoms with Crippen LogP contribution in [0.15, 0.2) is 36.4 Å². The average Bonchev–Trinajstić information content (AvgIpc) is 2.26. The van der Waals surface area contributed by atoms with Gasteiger partial charge in [-0.2, -0.15) is 0 Å². The van der Waals surface area contributed by atoms with Gasteiger partial charge < -0.3 is 10.2 Å². The number of carbonyl (C=O) groups is 1. The van der Waals surface area contributed by atoms with Gasteiger partial charge in [-0.1, -0.05) is 18.2 Å². The quantitative estimate of drug-likeness (QED) is 0.596. The standard InChI is InChI=1S/C13H10O3/c14-5-1-2-9-3-4-10-7-11(15)8-13(16)12(10)6-9/h1-8,15-16H. The maximum Gasteiger partial charge on any atom is 0.142 e. The largest absolute Gasteiger partial charge is 0.508 e. The predicted molar refractivity (Wildman–Crippen MR) is 62.4 cm³/mol. The Morgan fingerprint density at radius 1 is 1.06 bits per heavy atom. The van der Waals surface area contributed by atoms with Crippen LogP contribution in [0.25, 0.3) is 16.8 Å². The minimum Gasteiger partial charge on any atom is -0.508 e. The minimum atomic E-state index is 0.0244. The fourth-order valence-electron chi connectivity index (χ4n) is 1.59. The van der Waals surface area contributed by atoms with Crippen molar-refractivity contribution >= 4 is 23.1 Å². The zero-order valence-electron chi connectivity index (χ0n) is 8.42.